The maximum atomic E-state index is 11.8. The SMILES string of the molecule is CNC1C(=O)Nc2cc(OCCC3CCCN3C)ccc21. The van der Waals surface area contributed by atoms with Crippen LogP contribution in [0.25, 0.3) is 0 Å². The smallest absolute Gasteiger partial charge is 0.246 e. The summed E-state index contributed by atoms with van der Waals surface area (Å²) in [6, 6.07) is 6.23. The van der Waals surface area contributed by atoms with Gasteiger partial charge in [0.1, 0.15) is 11.8 Å². The van der Waals surface area contributed by atoms with E-state index in [0.29, 0.717) is 6.04 Å². The number of anilines is 1. The molecular weight excluding hydrogens is 266 g/mol. The number of rotatable bonds is 5. The van der Waals surface area contributed by atoms with Crippen LogP contribution in [0, 0.1) is 0 Å². The molecule has 2 N–H and O–H groups in total. The highest BCUT2D eigenvalue weighted by Crippen LogP contribution is 2.33. The largest absolute Gasteiger partial charge is 0.493 e. The summed E-state index contributed by atoms with van der Waals surface area (Å²) in [6.45, 7) is 1.91. The second-order valence-corrected chi connectivity index (χ2v) is 5.87. The van der Waals surface area contributed by atoms with Crippen LogP contribution in [-0.2, 0) is 4.79 Å². The van der Waals surface area contributed by atoms with Crippen molar-refractivity contribution in [3.63, 3.8) is 0 Å². The van der Waals surface area contributed by atoms with Crippen LogP contribution >= 0.6 is 0 Å². The standard InChI is InChI=1S/C16H23N3O2/c1-17-15-13-6-5-12(10-14(13)18-16(15)20)21-9-7-11-4-3-8-19(11)2/h5-6,10-11,15,17H,3-4,7-9H2,1-2H3,(H,18,20). The van der Waals surface area contributed by atoms with E-state index < -0.39 is 0 Å². The molecule has 0 spiro atoms. The number of amides is 1. The van der Waals surface area contributed by atoms with Crippen LogP contribution in [0.5, 0.6) is 5.75 Å². The molecule has 5 heteroatoms. The molecule has 1 saturated heterocycles. The van der Waals surface area contributed by atoms with Gasteiger partial charge in [0.2, 0.25) is 5.91 Å². The average Bonchev–Trinajstić information content (AvgIpc) is 3.01. The predicted octanol–water partition coefficient (Wildman–Crippen LogP) is 1.76. The maximum absolute atomic E-state index is 11.8. The predicted molar refractivity (Wildman–Crippen MR) is 82.6 cm³/mol. The number of hydrogen-bond acceptors (Lipinski definition) is 4. The Balaban J connectivity index is 1.58. The van der Waals surface area contributed by atoms with Crippen LogP contribution in [0.3, 0.4) is 0 Å². The second kappa shape index (κ2) is 6.03. The van der Waals surface area contributed by atoms with Gasteiger partial charge in [-0.15, -0.1) is 0 Å². The third-order valence-electron chi connectivity index (χ3n) is 4.54. The van der Waals surface area contributed by atoms with Gasteiger partial charge < -0.3 is 20.3 Å². The van der Waals surface area contributed by atoms with Gasteiger partial charge in [-0.3, -0.25) is 4.79 Å². The van der Waals surface area contributed by atoms with Crippen LogP contribution in [0.2, 0.25) is 0 Å². The Morgan fingerprint density at radius 2 is 2.33 bits per heavy atom. The molecule has 1 amide bonds. The fraction of sp³-hybridized carbons (Fsp3) is 0.562. The topological polar surface area (TPSA) is 53.6 Å². The number of likely N-dealkylation sites (N-methyl/N-ethyl adjacent to an activating group) is 1. The van der Waals surface area contributed by atoms with E-state index in [9.17, 15) is 4.79 Å². The molecule has 21 heavy (non-hydrogen) atoms. The molecule has 5 nitrogen and oxygen atoms in total. The first-order valence-corrected chi connectivity index (χ1v) is 7.64. The van der Waals surface area contributed by atoms with Crippen LogP contribution in [0.1, 0.15) is 30.9 Å². The molecule has 2 unspecified atom stereocenters. The molecule has 3 rings (SSSR count). The number of benzene rings is 1. The molecule has 0 saturated carbocycles. The van der Waals surface area contributed by atoms with Crippen molar-refractivity contribution in [2.75, 3.05) is 32.6 Å². The van der Waals surface area contributed by atoms with Crippen molar-refractivity contribution >= 4 is 11.6 Å². The van der Waals surface area contributed by atoms with E-state index >= 15 is 0 Å². The van der Waals surface area contributed by atoms with Gasteiger partial charge in [0.15, 0.2) is 0 Å². The number of hydrogen-bond donors (Lipinski definition) is 2. The summed E-state index contributed by atoms with van der Waals surface area (Å²) >= 11 is 0. The molecule has 1 fully saturated rings. The summed E-state index contributed by atoms with van der Waals surface area (Å²) in [6.07, 6.45) is 3.61. The van der Waals surface area contributed by atoms with Gasteiger partial charge >= 0.3 is 0 Å². The van der Waals surface area contributed by atoms with Crippen molar-refractivity contribution in [3.05, 3.63) is 23.8 Å². The lowest BCUT2D eigenvalue weighted by Gasteiger charge is -2.19. The minimum Gasteiger partial charge on any atom is -0.493 e. The Labute approximate surface area is 125 Å². The number of fused-ring (bicyclic) bond motifs is 1. The monoisotopic (exact) mass is 289 g/mol. The lowest BCUT2D eigenvalue weighted by molar-refractivity contribution is -0.117. The van der Waals surface area contributed by atoms with E-state index in [1.54, 1.807) is 7.05 Å². The Bertz CT molecular complexity index is 532. The lowest BCUT2D eigenvalue weighted by Crippen LogP contribution is -2.26. The Kier molecular flexibility index (Phi) is 4.12. The number of carbonyl (C=O) groups excluding carboxylic acids is 1. The molecular formula is C16H23N3O2. The quantitative estimate of drug-likeness (QED) is 0.867. The maximum Gasteiger partial charge on any atom is 0.246 e. The van der Waals surface area contributed by atoms with E-state index in [4.69, 9.17) is 4.74 Å². The van der Waals surface area contributed by atoms with E-state index in [1.165, 1.54) is 19.4 Å². The number of nitrogens with one attached hydrogen (secondary N) is 2. The van der Waals surface area contributed by atoms with Crippen LogP contribution < -0.4 is 15.4 Å². The van der Waals surface area contributed by atoms with Crippen molar-refractivity contribution < 1.29 is 9.53 Å². The highest BCUT2D eigenvalue weighted by molar-refractivity contribution is 6.02. The fourth-order valence-corrected chi connectivity index (χ4v) is 3.27. The average molecular weight is 289 g/mol. The van der Waals surface area contributed by atoms with Gasteiger partial charge in [-0.2, -0.15) is 0 Å². The molecule has 1 aromatic carbocycles. The third kappa shape index (κ3) is 2.89. The molecule has 114 valence electrons. The van der Waals surface area contributed by atoms with Crippen molar-refractivity contribution in [2.24, 2.45) is 0 Å². The highest BCUT2D eigenvalue weighted by Gasteiger charge is 2.29. The fourth-order valence-electron chi connectivity index (χ4n) is 3.27. The molecule has 0 radical (unpaired) electrons. The first-order chi connectivity index (χ1) is 10.2. The van der Waals surface area contributed by atoms with E-state index in [2.05, 4.69) is 22.6 Å². The number of likely N-dealkylation sites (tertiary alicyclic amines) is 1. The Morgan fingerprint density at radius 1 is 1.48 bits per heavy atom. The van der Waals surface area contributed by atoms with E-state index in [1.807, 2.05) is 18.2 Å². The number of ether oxygens (including phenoxy) is 1. The van der Waals surface area contributed by atoms with Gasteiger partial charge in [0.25, 0.3) is 0 Å². The number of carbonyl (C=O) groups is 1. The zero-order valence-electron chi connectivity index (χ0n) is 12.7. The van der Waals surface area contributed by atoms with Crippen molar-refractivity contribution in [3.8, 4) is 5.75 Å². The van der Waals surface area contributed by atoms with Gasteiger partial charge in [-0.25, -0.2) is 0 Å². The molecule has 2 atom stereocenters. The normalized spacial score (nSPS) is 25.0. The van der Waals surface area contributed by atoms with Crippen molar-refractivity contribution in [1.29, 1.82) is 0 Å². The summed E-state index contributed by atoms with van der Waals surface area (Å²) in [7, 11) is 3.97. The van der Waals surface area contributed by atoms with E-state index in [0.717, 1.165) is 30.0 Å². The number of nitrogens with zero attached hydrogens (tertiary/aromatic N) is 1. The first-order valence-electron chi connectivity index (χ1n) is 7.64. The third-order valence-corrected chi connectivity index (χ3v) is 4.54. The van der Waals surface area contributed by atoms with Crippen LogP contribution in [-0.4, -0.2) is 44.1 Å². The summed E-state index contributed by atoms with van der Waals surface area (Å²) in [4.78, 5) is 14.2. The van der Waals surface area contributed by atoms with Gasteiger partial charge in [-0.05, 0) is 46.0 Å². The van der Waals surface area contributed by atoms with Crippen molar-refractivity contribution in [2.45, 2.75) is 31.3 Å². The first kappa shape index (κ1) is 14.4. The molecule has 2 aliphatic rings. The zero-order valence-corrected chi connectivity index (χ0v) is 12.7. The van der Waals surface area contributed by atoms with Gasteiger partial charge in [0, 0.05) is 23.4 Å². The Hall–Kier alpha value is -1.59. The molecule has 1 aromatic rings. The van der Waals surface area contributed by atoms with E-state index in [-0.39, 0.29) is 11.9 Å². The Morgan fingerprint density at radius 3 is 3.05 bits per heavy atom. The van der Waals surface area contributed by atoms with Crippen LogP contribution in [0.4, 0.5) is 5.69 Å². The summed E-state index contributed by atoms with van der Waals surface area (Å²) < 4.78 is 5.85. The summed E-state index contributed by atoms with van der Waals surface area (Å²) in [5.41, 5.74) is 1.85. The molecule has 0 bridgehead atoms. The highest BCUT2D eigenvalue weighted by atomic mass is 16.5. The van der Waals surface area contributed by atoms with Crippen LogP contribution in [0.15, 0.2) is 18.2 Å². The summed E-state index contributed by atoms with van der Waals surface area (Å²) in [5.74, 6) is 0.823. The molecule has 2 aliphatic heterocycles. The summed E-state index contributed by atoms with van der Waals surface area (Å²) in [5, 5.41) is 5.90. The van der Waals surface area contributed by atoms with Gasteiger partial charge in [-0.1, -0.05) is 6.07 Å². The minimum atomic E-state index is -0.249. The van der Waals surface area contributed by atoms with Gasteiger partial charge in [0.05, 0.1) is 6.61 Å². The zero-order chi connectivity index (χ0) is 14.8. The molecule has 0 aromatic heterocycles. The molecule has 0 aliphatic carbocycles. The molecule has 2 heterocycles. The second-order valence-electron chi connectivity index (χ2n) is 5.87. The van der Waals surface area contributed by atoms with Crippen molar-refractivity contribution in [1.82, 2.24) is 10.2 Å². The lowest BCUT2D eigenvalue weighted by atomic mass is 10.1. The minimum absolute atomic E-state index is 0.00256.